The predicted molar refractivity (Wildman–Crippen MR) is 103 cm³/mol. The molecule has 0 spiro atoms. The van der Waals surface area contributed by atoms with E-state index in [1.165, 1.54) is 6.21 Å². The van der Waals surface area contributed by atoms with Crippen LogP contribution in [0.4, 0.5) is 0 Å². The van der Waals surface area contributed by atoms with Gasteiger partial charge in [0.2, 0.25) is 0 Å². The molecular formula is C21H18N2O3. The average molecular weight is 346 g/mol. The molecule has 2 aromatic carbocycles. The summed E-state index contributed by atoms with van der Waals surface area (Å²) in [6, 6.07) is 17.3. The van der Waals surface area contributed by atoms with Crippen molar-refractivity contribution in [3.63, 3.8) is 0 Å². The van der Waals surface area contributed by atoms with Crippen LogP contribution >= 0.6 is 0 Å². The van der Waals surface area contributed by atoms with Gasteiger partial charge in [-0.25, -0.2) is 5.43 Å². The summed E-state index contributed by atoms with van der Waals surface area (Å²) in [4.78, 5) is 11.7. The van der Waals surface area contributed by atoms with E-state index in [9.17, 15) is 4.79 Å². The SMILES string of the molecule is O=C(COc1ccc2ccccc2c1)NN=C/C=C/C=C/c1ccco1. The average Bonchev–Trinajstić information content (AvgIpc) is 3.19. The first-order valence-electron chi connectivity index (χ1n) is 8.11. The summed E-state index contributed by atoms with van der Waals surface area (Å²) < 4.78 is 10.6. The van der Waals surface area contributed by atoms with Crippen LogP contribution in [0.5, 0.6) is 5.75 Å². The molecular weight excluding hydrogens is 328 g/mol. The van der Waals surface area contributed by atoms with Gasteiger partial charge in [0.25, 0.3) is 5.91 Å². The molecule has 1 N–H and O–H groups in total. The third-order valence-electron chi connectivity index (χ3n) is 3.47. The Balaban J connectivity index is 1.40. The van der Waals surface area contributed by atoms with Crippen LogP contribution in [0.1, 0.15) is 5.76 Å². The van der Waals surface area contributed by atoms with Crippen LogP contribution in [0.15, 0.2) is 88.6 Å². The van der Waals surface area contributed by atoms with Crippen LogP contribution in [0.25, 0.3) is 16.8 Å². The van der Waals surface area contributed by atoms with Crippen LogP contribution in [0, 0.1) is 0 Å². The number of ether oxygens (including phenoxy) is 1. The zero-order valence-corrected chi connectivity index (χ0v) is 14.0. The van der Waals surface area contributed by atoms with Crippen molar-refractivity contribution in [1.29, 1.82) is 0 Å². The molecule has 0 aliphatic heterocycles. The number of carbonyl (C=O) groups is 1. The third kappa shape index (κ3) is 5.21. The zero-order valence-electron chi connectivity index (χ0n) is 14.0. The summed E-state index contributed by atoms with van der Waals surface area (Å²) in [7, 11) is 0. The van der Waals surface area contributed by atoms with Gasteiger partial charge in [-0.05, 0) is 47.2 Å². The second kappa shape index (κ2) is 9.03. The van der Waals surface area contributed by atoms with E-state index >= 15 is 0 Å². The monoisotopic (exact) mass is 346 g/mol. The first-order valence-corrected chi connectivity index (χ1v) is 8.11. The Kier molecular flexibility index (Phi) is 5.99. The molecule has 1 heterocycles. The van der Waals surface area contributed by atoms with Gasteiger partial charge in [-0.2, -0.15) is 5.10 Å². The van der Waals surface area contributed by atoms with E-state index in [-0.39, 0.29) is 12.5 Å². The number of amides is 1. The van der Waals surface area contributed by atoms with E-state index < -0.39 is 0 Å². The lowest BCUT2D eigenvalue weighted by Gasteiger charge is -2.06. The second-order valence-electron chi connectivity index (χ2n) is 5.37. The number of carbonyl (C=O) groups excluding carboxylic acids is 1. The molecule has 0 aliphatic rings. The van der Waals surface area contributed by atoms with Gasteiger partial charge < -0.3 is 9.15 Å². The molecule has 0 fully saturated rings. The lowest BCUT2D eigenvalue weighted by molar-refractivity contribution is -0.123. The maximum absolute atomic E-state index is 11.7. The zero-order chi connectivity index (χ0) is 18.0. The summed E-state index contributed by atoms with van der Waals surface area (Å²) in [5.74, 6) is 1.09. The Morgan fingerprint density at radius 2 is 1.92 bits per heavy atom. The molecule has 0 atom stereocenters. The van der Waals surface area contributed by atoms with Crippen LogP contribution in [0.3, 0.4) is 0 Å². The highest BCUT2D eigenvalue weighted by Crippen LogP contribution is 2.20. The lowest BCUT2D eigenvalue weighted by Crippen LogP contribution is -2.24. The van der Waals surface area contributed by atoms with Crippen molar-refractivity contribution in [1.82, 2.24) is 5.43 Å². The molecule has 0 saturated heterocycles. The van der Waals surface area contributed by atoms with Gasteiger partial charge in [0.1, 0.15) is 11.5 Å². The molecule has 0 saturated carbocycles. The van der Waals surface area contributed by atoms with Crippen LogP contribution < -0.4 is 10.2 Å². The van der Waals surface area contributed by atoms with Crippen LogP contribution in [0.2, 0.25) is 0 Å². The Bertz CT molecular complexity index is 941. The Labute approximate surface area is 151 Å². The molecule has 0 bridgehead atoms. The number of nitrogens with one attached hydrogen (secondary N) is 1. The van der Waals surface area contributed by atoms with Crippen LogP contribution in [-0.2, 0) is 4.79 Å². The number of hydrazone groups is 1. The van der Waals surface area contributed by atoms with Crippen molar-refractivity contribution in [3.8, 4) is 5.75 Å². The van der Waals surface area contributed by atoms with E-state index in [1.54, 1.807) is 18.4 Å². The second-order valence-corrected chi connectivity index (χ2v) is 5.37. The highest BCUT2D eigenvalue weighted by atomic mass is 16.5. The fourth-order valence-electron chi connectivity index (χ4n) is 2.24. The number of nitrogens with zero attached hydrogens (tertiary/aromatic N) is 1. The number of furan rings is 1. The van der Waals surface area contributed by atoms with Gasteiger partial charge in [-0.3, -0.25) is 4.79 Å². The molecule has 5 heteroatoms. The van der Waals surface area contributed by atoms with E-state index in [2.05, 4.69) is 10.5 Å². The minimum atomic E-state index is -0.325. The minimum absolute atomic E-state index is 0.0994. The van der Waals surface area contributed by atoms with Gasteiger partial charge in [-0.15, -0.1) is 0 Å². The standard InChI is InChI=1S/C21H18N2O3/c24-21(23-22-13-5-1-2-9-19-10-6-14-25-19)16-26-20-12-11-17-7-3-4-8-18(17)15-20/h1-15H,16H2,(H,23,24)/b5-1+,9-2+,22-13?. The summed E-state index contributed by atoms with van der Waals surface area (Å²) >= 11 is 0. The fraction of sp³-hybridized carbons (Fsp3) is 0.0476. The highest BCUT2D eigenvalue weighted by Gasteiger charge is 2.02. The largest absolute Gasteiger partial charge is 0.484 e. The molecule has 0 aliphatic carbocycles. The first kappa shape index (κ1) is 17.2. The molecule has 130 valence electrons. The quantitative estimate of drug-likeness (QED) is 0.396. The summed E-state index contributed by atoms with van der Waals surface area (Å²) in [5, 5.41) is 6.01. The van der Waals surface area contributed by atoms with E-state index in [0.29, 0.717) is 5.75 Å². The van der Waals surface area contributed by atoms with Crippen molar-refractivity contribution in [2.45, 2.75) is 0 Å². The van der Waals surface area contributed by atoms with Crippen LogP contribution in [-0.4, -0.2) is 18.7 Å². The van der Waals surface area contributed by atoms with Gasteiger partial charge >= 0.3 is 0 Å². The molecule has 1 aromatic heterocycles. The van der Waals surface area contributed by atoms with E-state index in [0.717, 1.165) is 16.5 Å². The minimum Gasteiger partial charge on any atom is -0.484 e. The number of hydrogen-bond donors (Lipinski definition) is 1. The molecule has 0 unspecified atom stereocenters. The fourth-order valence-corrected chi connectivity index (χ4v) is 2.24. The van der Waals surface area contributed by atoms with Crippen molar-refractivity contribution >= 4 is 29.0 Å². The predicted octanol–water partition coefficient (Wildman–Crippen LogP) is 4.18. The maximum atomic E-state index is 11.7. The molecule has 3 aromatic rings. The van der Waals surface area contributed by atoms with E-state index in [4.69, 9.17) is 9.15 Å². The van der Waals surface area contributed by atoms with Crippen molar-refractivity contribution in [3.05, 3.63) is 84.8 Å². The van der Waals surface area contributed by atoms with Crippen molar-refractivity contribution in [2.75, 3.05) is 6.61 Å². The maximum Gasteiger partial charge on any atom is 0.277 e. The normalized spacial score (nSPS) is 11.7. The third-order valence-corrected chi connectivity index (χ3v) is 3.47. The molecule has 3 rings (SSSR count). The topological polar surface area (TPSA) is 63.8 Å². The number of benzene rings is 2. The number of fused-ring (bicyclic) bond motifs is 1. The van der Waals surface area contributed by atoms with Crippen molar-refractivity contribution < 1.29 is 13.9 Å². The van der Waals surface area contributed by atoms with Crippen molar-refractivity contribution in [2.24, 2.45) is 5.10 Å². The van der Waals surface area contributed by atoms with Gasteiger partial charge in [0.15, 0.2) is 6.61 Å². The first-order chi connectivity index (χ1) is 12.8. The molecule has 0 radical (unpaired) electrons. The smallest absolute Gasteiger partial charge is 0.277 e. The summed E-state index contributed by atoms with van der Waals surface area (Å²) in [6.45, 7) is -0.0994. The van der Waals surface area contributed by atoms with E-state index in [1.807, 2.05) is 66.7 Å². The number of rotatable bonds is 7. The number of allylic oxidation sites excluding steroid dienone is 3. The summed E-state index contributed by atoms with van der Waals surface area (Å²) in [6.07, 6.45) is 10.2. The van der Waals surface area contributed by atoms with Gasteiger partial charge in [0.05, 0.1) is 6.26 Å². The Morgan fingerprint density at radius 1 is 1.04 bits per heavy atom. The Morgan fingerprint density at radius 3 is 2.77 bits per heavy atom. The Hall–Kier alpha value is -3.60. The lowest BCUT2D eigenvalue weighted by atomic mass is 10.1. The molecule has 5 nitrogen and oxygen atoms in total. The molecule has 26 heavy (non-hydrogen) atoms. The van der Waals surface area contributed by atoms with Gasteiger partial charge in [-0.1, -0.05) is 42.5 Å². The highest BCUT2D eigenvalue weighted by molar-refractivity contribution is 5.84. The van der Waals surface area contributed by atoms with Gasteiger partial charge in [0, 0.05) is 6.21 Å². The summed E-state index contributed by atoms with van der Waals surface area (Å²) in [5.41, 5.74) is 2.41. The number of hydrogen-bond acceptors (Lipinski definition) is 4. The molecule has 1 amide bonds.